The first-order valence-electron chi connectivity index (χ1n) is 8.89. The topological polar surface area (TPSA) is 98.8 Å². The van der Waals surface area contributed by atoms with Gasteiger partial charge in [0, 0.05) is 36.1 Å². The largest absolute Gasteiger partial charge is 0.493 e. The van der Waals surface area contributed by atoms with Crippen molar-refractivity contribution in [2.24, 2.45) is 0 Å². The number of aromatic nitrogens is 1. The van der Waals surface area contributed by atoms with Crippen LogP contribution in [0.15, 0.2) is 30.5 Å². The fourth-order valence-corrected chi connectivity index (χ4v) is 2.52. The van der Waals surface area contributed by atoms with Crippen LogP contribution in [0.25, 0.3) is 0 Å². The van der Waals surface area contributed by atoms with E-state index in [4.69, 9.17) is 14.2 Å². The van der Waals surface area contributed by atoms with Crippen molar-refractivity contribution in [3.8, 4) is 17.2 Å². The Morgan fingerprint density at radius 1 is 1.00 bits per heavy atom. The van der Waals surface area contributed by atoms with E-state index in [0.29, 0.717) is 35.0 Å². The number of anilines is 1. The predicted octanol–water partition coefficient (Wildman–Crippen LogP) is 2.89. The molecular formula is C20H25N3O5. The van der Waals surface area contributed by atoms with Crippen LogP contribution < -0.4 is 24.8 Å². The second-order valence-corrected chi connectivity index (χ2v) is 5.91. The number of rotatable bonds is 9. The van der Waals surface area contributed by atoms with Crippen LogP contribution in [0.1, 0.15) is 40.6 Å². The van der Waals surface area contributed by atoms with Crippen LogP contribution in [0.5, 0.6) is 17.2 Å². The van der Waals surface area contributed by atoms with Crippen molar-refractivity contribution in [3.63, 3.8) is 0 Å². The Kier molecular flexibility index (Phi) is 7.62. The van der Waals surface area contributed by atoms with Gasteiger partial charge >= 0.3 is 0 Å². The highest BCUT2D eigenvalue weighted by molar-refractivity contribution is 6.06. The van der Waals surface area contributed by atoms with Crippen LogP contribution in [-0.2, 0) is 0 Å². The first kappa shape index (κ1) is 21.0. The number of carbonyl (C=O) groups excluding carboxylic acids is 2. The lowest BCUT2D eigenvalue weighted by Gasteiger charge is -2.14. The highest BCUT2D eigenvalue weighted by atomic mass is 16.5. The molecule has 0 aliphatic carbocycles. The van der Waals surface area contributed by atoms with E-state index >= 15 is 0 Å². The zero-order chi connectivity index (χ0) is 20.5. The van der Waals surface area contributed by atoms with E-state index in [9.17, 15) is 9.59 Å². The maximum absolute atomic E-state index is 12.6. The smallest absolute Gasteiger partial charge is 0.269 e. The summed E-state index contributed by atoms with van der Waals surface area (Å²) in [6.45, 7) is 2.61. The normalized spacial score (nSPS) is 10.1. The van der Waals surface area contributed by atoms with Crippen LogP contribution in [0, 0.1) is 0 Å². The van der Waals surface area contributed by atoms with Crippen molar-refractivity contribution in [1.82, 2.24) is 10.3 Å². The van der Waals surface area contributed by atoms with Crippen LogP contribution in [-0.4, -0.2) is 44.7 Å². The molecule has 0 saturated carbocycles. The number of carbonyl (C=O) groups is 2. The molecule has 8 nitrogen and oxygen atoms in total. The standard InChI is InChI=1S/C20H25N3O5/c1-5-6-8-22-20(25)15-10-13(7-9-21-15)19(24)23-14-11-16(26-2)18(28-4)17(12-14)27-3/h7,9-12H,5-6,8H2,1-4H3,(H,22,25)(H,23,24). The quantitative estimate of drug-likeness (QED) is 0.642. The number of unbranched alkanes of at least 4 members (excludes halogenated alkanes) is 1. The van der Waals surface area contributed by atoms with Crippen molar-refractivity contribution in [1.29, 1.82) is 0 Å². The van der Waals surface area contributed by atoms with E-state index in [-0.39, 0.29) is 17.5 Å². The van der Waals surface area contributed by atoms with Crippen molar-refractivity contribution in [2.45, 2.75) is 19.8 Å². The van der Waals surface area contributed by atoms with Gasteiger partial charge in [0.05, 0.1) is 21.3 Å². The van der Waals surface area contributed by atoms with E-state index < -0.39 is 0 Å². The molecule has 0 bridgehead atoms. The second-order valence-electron chi connectivity index (χ2n) is 5.91. The average Bonchev–Trinajstić information content (AvgIpc) is 2.73. The Bertz CT molecular complexity index is 813. The minimum atomic E-state index is -0.390. The molecule has 8 heteroatoms. The predicted molar refractivity (Wildman–Crippen MR) is 106 cm³/mol. The van der Waals surface area contributed by atoms with Crippen LogP contribution in [0.2, 0.25) is 0 Å². The highest BCUT2D eigenvalue weighted by Crippen LogP contribution is 2.40. The molecule has 0 spiro atoms. The summed E-state index contributed by atoms with van der Waals surface area (Å²) in [6.07, 6.45) is 3.29. The van der Waals surface area contributed by atoms with Gasteiger partial charge in [-0.2, -0.15) is 0 Å². The zero-order valence-corrected chi connectivity index (χ0v) is 16.5. The van der Waals surface area contributed by atoms with E-state index in [2.05, 4.69) is 15.6 Å². The third-order valence-electron chi connectivity index (χ3n) is 3.99. The lowest BCUT2D eigenvalue weighted by atomic mass is 10.2. The molecule has 1 aromatic carbocycles. The van der Waals surface area contributed by atoms with E-state index in [1.54, 1.807) is 12.1 Å². The Hall–Kier alpha value is -3.29. The van der Waals surface area contributed by atoms with E-state index in [0.717, 1.165) is 12.8 Å². The summed E-state index contributed by atoms with van der Waals surface area (Å²) in [7, 11) is 4.49. The van der Waals surface area contributed by atoms with Crippen molar-refractivity contribution in [2.75, 3.05) is 33.2 Å². The van der Waals surface area contributed by atoms with Gasteiger partial charge in [0.1, 0.15) is 5.69 Å². The number of amides is 2. The highest BCUT2D eigenvalue weighted by Gasteiger charge is 2.16. The van der Waals surface area contributed by atoms with Gasteiger partial charge in [-0.3, -0.25) is 14.6 Å². The van der Waals surface area contributed by atoms with Crippen LogP contribution >= 0.6 is 0 Å². The number of hydrogen-bond donors (Lipinski definition) is 2. The number of pyridine rings is 1. The molecular weight excluding hydrogens is 362 g/mol. The summed E-state index contributed by atoms with van der Waals surface area (Å²) in [5.41, 5.74) is 0.961. The monoisotopic (exact) mass is 387 g/mol. The third kappa shape index (κ3) is 5.12. The maximum atomic E-state index is 12.6. The summed E-state index contributed by atoms with van der Waals surface area (Å²) in [5.74, 6) is 0.568. The number of nitrogens with zero attached hydrogens (tertiary/aromatic N) is 1. The van der Waals surface area contributed by atoms with Gasteiger partial charge in [-0.1, -0.05) is 13.3 Å². The molecule has 2 rings (SSSR count). The molecule has 2 N–H and O–H groups in total. The maximum Gasteiger partial charge on any atom is 0.269 e. The number of ether oxygens (including phenoxy) is 3. The Balaban J connectivity index is 2.19. The SMILES string of the molecule is CCCCNC(=O)c1cc(C(=O)Nc2cc(OC)c(OC)c(OC)c2)ccn1. The second kappa shape index (κ2) is 10.1. The summed E-state index contributed by atoms with van der Waals surface area (Å²) < 4.78 is 15.8. The molecule has 0 aliphatic rings. The minimum Gasteiger partial charge on any atom is -0.493 e. The summed E-state index contributed by atoms with van der Waals surface area (Å²) >= 11 is 0. The fraction of sp³-hybridized carbons (Fsp3) is 0.350. The fourth-order valence-electron chi connectivity index (χ4n) is 2.52. The summed E-state index contributed by atoms with van der Waals surface area (Å²) in [4.78, 5) is 28.8. The summed E-state index contributed by atoms with van der Waals surface area (Å²) in [6, 6.07) is 6.24. The lowest BCUT2D eigenvalue weighted by Crippen LogP contribution is -2.25. The van der Waals surface area contributed by atoms with Crippen molar-refractivity contribution >= 4 is 17.5 Å². The molecule has 0 saturated heterocycles. The first-order chi connectivity index (χ1) is 13.5. The van der Waals surface area contributed by atoms with Gasteiger partial charge < -0.3 is 24.8 Å². The number of methoxy groups -OCH3 is 3. The average molecular weight is 387 g/mol. The zero-order valence-electron chi connectivity index (χ0n) is 16.5. The Morgan fingerprint density at radius 3 is 2.25 bits per heavy atom. The van der Waals surface area contributed by atoms with Gasteiger partial charge in [-0.15, -0.1) is 0 Å². The first-order valence-corrected chi connectivity index (χ1v) is 8.89. The lowest BCUT2D eigenvalue weighted by molar-refractivity contribution is 0.0948. The molecule has 150 valence electrons. The van der Waals surface area contributed by atoms with E-state index in [1.165, 1.54) is 39.7 Å². The van der Waals surface area contributed by atoms with Gasteiger partial charge in [0.25, 0.3) is 11.8 Å². The molecule has 0 fully saturated rings. The van der Waals surface area contributed by atoms with Crippen molar-refractivity contribution < 1.29 is 23.8 Å². The molecule has 1 heterocycles. The molecule has 28 heavy (non-hydrogen) atoms. The minimum absolute atomic E-state index is 0.189. The molecule has 1 aromatic heterocycles. The molecule has 0 radical (unpaired) electrons. The number of benzene rings is 1. The van der Waals surface area contributed by atoms with Crippen LogP contribution in [0.3, 0.4) is 0 Å². The molecule has 2 amide bonds. The molecule has 0 atom stereocenters. The molecule has 0 unspecified atom stereocenters. The van der Waals surface area contributed by atoms with Crippen molar-refractivity contribution in [3.05, 3.63) is 41.7 Å². The number of nitrogens with one attached hydrogen (secondary N) is 2. The Labute approximate surface area is 164 Å². The van der Waals surface area contributed by atoms with E-state index in [1.807, 2.05) is 6.92 Å². The van der Waals surface area contributed by atoms with Crippen LogP contribution in [0.4, 0.5) is 5.69 Å². The molecule has 2 aromatic rings. The summed E-state index contributed by atoms with van der Waals surface area (Å²) in [5, 5.41) is 5.54. The molecule has 0 aliphatic heterocycles. The Morgan fingerprint density at radius 2 is 1.68 bits per heavy atom. The van der Waals surface area contributed by atoms with Gasteiger partial charge in [0.2, 0.25) is 5.75 Å². The van der Waals surface area contributed by atoms with Gasteiger partial charge in [0.15, 0.2) is 11.5 Å². The third-order valence-corrected chi connectivity index (χ3v) is 3.99. The van der Waals surface area contributed by atoms with Gasteiger partial charge in [-0.25, -0.2) is 0 Å². The number of hydrogen-bond acceptors (Lipinski definition) is 6. The van der Waals surface area contributed by atoms with Gasteiger partial charge in [-0.05, 0) is 18.6 Å².